The highest BCUT2D eigenvalue weighted by Crippen LogP contribution is 2.28. The van der Waals surface area contributed by atoms with E-state index in [4.69, 9.17) is 0 Å². The molecule has 2 rings (SSSR count). The summed E-state index contributed by atoms with van der Waals surface area (Å²) in [6.45, 7) is 1.88. The molecule has 1 N–H and O–H groups in total. The average Bonchev–Trinajstić information content (AvgIpc) is 2.47. The number of anilines is 1. The lowest BCUT2D eigenvalue weighted by Crippen LogP contribution is -2.07. The molecule has 7 nitrogen and oxygen atoms in total. The molecule has 0 heterocycles. The number of non-ortho nitro benzene ring substituents is 2. The maximum absolute atomic E-state index is 10.8. The molecule has 0 aliphatic carbocycles. The highest BCUT2D eigenvalue weighted by atomic mass is 16.6. The Balaban J connectivity index is 2.31. The summed E-state index contributed by atoms with van der Waals surface area (Å²) in [7, 11) is 0. The monoisotopic (exact) mass is 287 g/mol. The number of nitro groups is 2. The zero-order valence-corrected chi connectivity index (χ0v) is 11.2. The fourth-order valence-corrected chi connectivity index (χ4v) is 1.96. The number of benzene rings is 2. The van der Waals surface area contributed by atoms with E-state index in [0.29, 0.717) is 5.69 Å². The largest absolute Gasteiger partial charge is 0.378 e. The Morgan fingerprint density at radius 3 is 1.95 bits per heavy atom. The molecule has 0 amide bonds. The Kier molecular flexibility index (Phi) is 4.13. The molecule has 0 fully saturated rings. The van der Waals surface area contributed by atoms with Crippen molar-refractivity contribution in [1.82, 2.24) is 0 Å². The number of nitrogens with zero attached hydrogens (tertiary/aromatic N) is 2. The van der Waals surface area contributed by atoms with E-state index in [9.17, 15) is 20.2 Å². The van der Waals surface area contributed by atoms with E-state index in [0.717, 1.165) is 11.6 Å². The first kappa shape index (κ1) is 14.4. The zero-order valence-electron chi connectivity index (χ0n) is 11.2. The summed E-state index contributed by atoms with van der Waals surface area (Å²) in [5.41, 5.74) is 0.692. The van der Waals surface area contributed by atoms with Crippen LogP contribution in [0.4, 0.5) is 17.1 Å². The average molecular weight is 287 g/mol. The fraction of sp³-hybridized carbons (Fsp3) is 0.143. The normalized spacial score (nSPS) is 11.7. The van der Waals surface area contributed by atoms with Crippen LogP contribution < -0.4 is 5.32 Å². The van der Waals surface area contributed by atoms with Crippen LogP contribution in [0.3, 0.4) is 0 Å². The van der Waals surface area contributed by atoms with Crippen molar-refractivity contribution in [3.8, 4) is 0 Å². The first-order chi connectivity index (χ1) is 9.97. The van der Waals surface area contributed by atoms with Gasteiger partial charge in [0.15, 0.2) is 0 Å². The zero-order chi connectivity index (χ0) is 15.4. The Hall–Kier alpha value is -2.96. The topological polar surface area (TPSA) is 98.3 Å². The van der Waals surface area contributed by atoms with Crippen molar-refractivity contribution in [2.45, 2.75) is 13.0 Å². The van der Waals surface area contributed by atoms with Crippen molar-refractivity contribution >= 4 is 17.1 Å². The van der Waals surface area contributed by atoms with E-state index >= 15 is 0 Å². The molecule has 108 valence electrons. The number of rotatable bonds is 5. The standard InChI is InChI=1S/C14H13N3O4/c1-10(11-5-3-2-4-6-11)15-12-7-13(16(18)19)9-14(8-12)17(20)21/h2-10,15H,1H3/t10-/m0/s1. The van der Waals surface area contributed by atoms with Gasteiger partial charge in [0.25, 0.3) is 11.4 Å². The molecule has 0 bridgehead atoms. The van der Waals surface area contributed by atoms with E-state index in [1.165, 1.54) is 12.1 Å². The fourth-order valence-electron chi connectivity index (χ4n) is 1.96. The third-order valence-corrected chi connectivity index (χ3v) is 3.01. The smallest absolute Gasteiger partial charge is 0.278 e. The highest BCUT2D eigenvalue weighted by Gasteiger charge is 2.17. The summed E-state index contributed by atoms with van der Waals surface area (Å²) in [5.74, 6) is 0. The molecule has 0 spiro atoms. The molecule has 2 aromatic rings. The van der Waals surface area contributed by atoms with Gasteiger partial charge in [-0.3, -0.25) is 20.2 Å². The molecule has 0 aliphatic heterocycles. The van der Waals surface area contributed by atoms with Gasteiger partial charge in [-0.05, 0) is 12.5 Å². The van der Waals surface area contributed by atoms with E-state index in [-0.39, 0.29) is 17.4 Å². The lowest BCUT2D eigenvalue weighted by molar-refractivity contribution is -0.394. The van der Waals surface area contributed by atoms with Gasteiger partial charge >= 0.3 is 0 Å². The van der Waals surface area contributed by atoms with Gasteiger partial charge in [0.2, 0.25) is 0 Å². The van der Waals surface area contributed by atoms with Crippen LogP contribution in [-0.4, -0.2) is 9.85 Å². The summed E-state index contributed by atoms with van der Waals surface area (Å²) in [4.78, 5) is 20.4. The molecule has 0 aliphatic rings. The molecule has 0 aromatic heterocycles. The maximum Gasteiger partial charge on any atom is 0.278 e. The minimum Gasteiger partial charge on any atom is -0.378 e. The molecule has 0 unspecified atom stereocenters. The lowest BCUT2D eigenvalue weighted by atomic mass is 10.1. The van der Waals surface area contributed by atoms with Crippen LogP contribution >= 0.6 is 0 Å². The van der Waals surface area contributed by atoms with Crippen molar-refractivity contribution in [2.75, 3.05) is 5.32 Å². The molecule has 7 heteroatoms. The number of nitro benzene ring substituents is 2. The molecule has 21 heavy (non-hydrogen) atoms. The third kappa shape index (κ3) is 3.53. The lowest BCUT2D eigenvalue weighted by Gasteiger charge is -2.15. The van der Waals surface area contributed by atoms with Crippen LogP contribution in [0.2, 0.25) is 0 Å². The second-order valence-corrected chi connectivity index (χ2v) is 4.53. The van der Waals surface area contributed by atoms with Crippen molar-refractivity contribution < 1.29 is 9.85 Å². The van der Waals surface area contributed by atoms with Gasteiger partial charge < -0.3 is 5.32 Å². The van der Waals surface area contributed by atoms with Crippen LogP contribution in [0.1, 0.15) is 18.5 Å². The minimum absolute atomic E-state index is 0.132. The van der Waals surface area contributed by atoms with Crippen LogP contribution in [0.25, 0.3) is 0 Å². The van der Waals surface area contributed by atoms with Crippen LogP contribution in [-0.2, 0) is 0 Å². The molecule has 0 radical (unpaired) electrons. The summed E-state index contributed by atoms with van der Waals surface area (Å²) >= 11 is 0. The first-order valence-electron chi connectivity index (χ1n) is 6.22. The molecule has 0 saturated heterocycles. The van der Waals surface area contributed by atoms with Crippen molar-refractivity contribution in [2.24, 2.45) is 0 Å². The summed E-state index contributed by atoms with van der Waals surface area (Å²) in [5, 5.41) is 24.7. The third-order valence-electron chi connectivity index (χ3n) is 3.01. The quantitative estimate of drug-likeness (QED) is 0.668. The van der Waals surface area contributed by atoms with Gasteiger partial charge in [-0.1, -0.05) is 30.3 Å². The summed E-state index contributed by atoms with van der Waals surface area (Å²) < 4.78 is 0. The maximum atomic E-state index is 10.8. The number of nitrogens with one attached hydrogen (secondary N) is 1. The number of hydrogen-bond acceptors (Lipinski definition) is 5. The summed E-state index contributed by atoms with van der Waals surface area (Å²) in [6.07, 6.45) is 0. The van der Waals surface area contributed by atoms with Gasteiger partial charge in [-0.25, -0.2) is 0 Å². The van der Waals surface area contributed by atoms with E-state index < -0.39 is 9.85 Å². The summed E-state index contributed by atoms with van der Waals surface area (Å²) in [6, 6.07) is 12.8. The van der Waals surface area contributed by atoms with Gasteiger partial charge in [0.1, 0.15) is 0 Å². The number of hydrogen-bond donors (Lipinski definition) is 1. The van der Waals surface area contributed by atoms with Gasteiger partial charge in [-0.15, -0.1) is 0 Å². The molecule has 2 aromatic carbocycles. The predicted molar refractivity (Wildman–Crippen MR) is 78.2 cm³/mol. The Bertz CT molecular complexity index is 641. The predicted octanol–water partition coefficient (Wildman–Crippen LogP) is 3.68. The van der Waals surface area contributed by atoms with Crippen LogP contribution in [0.15, 0.2) is 48.5 Å². The Morgan fingerprint density at radius 1 is 0.952 bits per heavy atom. The van der Waals surface area contributed by atoms with Crippen molar-refractivity contribution in [3.05, 3.63) is 74.3 Å². The second-order valence-electron chi connectivity index (χ2n) is 4.53. The second kappa shape index (κ2) is 6.00. The van der Waals surface area contributed by atoms with E-state index in [1.54, 1.807) is 0 Å². The molecule has 1 atom stereocenters. The van der Waals surface area contributed by atoms with Gasteiger partial charge in [-0.2, -0.15) is 0 Å². The van der Waals surface area contributed by atoms with Gasteiger partial charge in [0, 0.05) is 23.9 Å². The molecular weight excluding hydrogens is 274 g/mol. The van der Waals surface area contributed by atoms with E-state index in [1.807, 2.05) is 37.3 Å². The SMILES string of the molecule is C[C@H](Nc1cc([N+](=O)[O-])cc([N+](=O)[O-])c1)c1ccccc1. The molecular formula is C14H13N3O4. The van der Waals surface area contributed by atoms with Crippen LogP contribution in [0.5, 0.6) is 0 Å². The minimum atomic E-state index is -0.647. The van der Waals surface area contributed by atoms with E-state index in [2.05, 4.69) is 5.32 Å². The Labute approximate surface area is 120 Å². The first-order valence-corrected chi connectivity index (χ1v) is 6.22. The van der Waals surface area contributed by atoms with Crippen LogP contribution in [0, 0.1) is 20.2 Å². The Morgan fingerprint density at radius 2 is 1.48 bits per heavy atom. The van der Waals surface area contributed by atoms with Crippen molar-refractivity contribution in [3.63, 3.8) is 0 Å². The molecule has 0 saturated carbocycles. The van der Waals surface area contributed by atoms with Crippen molar-refractivity contribution in [1.29, 1.82) is 0 Å². The van der Waals surface area contributed by atoms with Gasteiger partial charge in [0.05, 0.1) is 15.9 Å². The highest BCUT2D eigenvalue weighted by molar-refractivity contribution is 5.59.